The van der Waals surface area contributed by atoms with Crippen molar-refractivity contribution in [2.45, 2.75) is 46.0 Å². The Labute approximate surface area is 189 Å². The maximum atomic E-state index is 5.57. The van der Waals surface area contributed by atoms with Crippen molar-refractivity contribution < 1.29 is 4.74 Å². The molecule has 0 saturated heterocycles. The molecule has 154 valence electrons. The Kier molecular flexibility index (Phi) is 10.0. The SMILES string of the molecule is CCNC(=NCCCCc1nc(C)cs1)NCCc1ccc2c(c1)CCO2.I. The van der Waals surface area contributed by atoms with Crippen LogP contribution in [0.2, 0.25) is 0 Å². The lowest BCUT2D eigenvalue weighted by molar-refractivity contribution is 0.357. The van der Waals surface area contributed by atoms with Crippen molar-refractivity contribution in [1.29, 1.82) is 0 Å². The molecule has 2 N–H and O–H groups in total. The van der Waals surface area contributed by atoms with Crippen LogP contribution in [0.5, 0.6) is 5.75 Å². The Hall–Kier alpha value is -1.35. The number of guanidine groups is 1. The molecule has 5 nitrogen and oxygen atoms in total. The average Bonchev–Trinajstić information content (AvgIpc) is 3.29. The number of thiazole rings is 1. The number of nitrogens with one attached hydrogen (secondary N) is 2. The van der Waals surface area contributed by atoms with Gasteiger partial charge in [0.05, 0.1) is 11.6 Å². The largest absolute Gasteiger partial charge is 0.493 e. The number of hydrogen-bond donors (Lipinski definition) is 2. The summed E-state index contributed by atoms with van der Waals surface area (Å²) in [6.07, 6.45) is 5.29. The lowest BCUT2D eigenvalue weighted by atomic mass is 10.1. The predicted molar refractivity (Wildman–Crippen MR) is 129 cm³/mol. The van der Waals surface area contributed by atoms with Crippen LogP contribution >= 0.6 is 35.3 Å². The van der Waals surface area contributed by atoms with Gasteiger partial charge in [-0.05, 0) is 56.7 Å². The first-order valence-electron chi connectivity index (χ1n) is 9.92. The Morgan fingerprint density at radius 3 is 2.93 bits per heavy atom. The topological polar surface area (TPSA) is 58.5 Å². The molecule has 0 radical (unpaired) electrons. The van der Waals surface area contributed by atoms with Crippen LogP contribution in [0.15, 0.2) is 28.6 Å². The zero-order valence-corrected chi connectivity index (χ0v) is 19.9. The van der Waals surface area contributed by atoms with Gasteiger partial charge in [-0.3, -0.25) is 4.99 Å². The molecule has 0 spiro atoms. The summed E-state index contributed by atoms with van der Waals surface area (Å²) in [5.41, 5.74) is 3.81. The molecule has 0 unspecified atom stereocenters. The highest BCUT2D eigenvalue weighted by Crippen LogP contribution is 2.25. The van der Waals surface area contributed by atoms with Gasteiger partial charge in [0.25, 0.3) is 0 Å². The lowest BCUT2D eigenvalue weighted by Crippen LogP contribution is -2.38. The number of aliphatic imine (C=N–C) groups is 1. The Morgan fingerprint density at radius 2 is 2.14 bits per heavy atom. The van der Waals surface area contributed by atoms with E-state index in [0.717, 1.165) is 75.7 Å². The molecule has 0 bridgehead atoms. The van der Waals surface area contributed by atoms with E-state index < -0.39 is 0 Å². The molecule has 0 atom stereocenters. The van der Waals surface area contributed by atoms with Gasteiger partial charge in [0.1, 0.15) is 5.75 Å². The predicted octanol–water partition coefficient (Wildman–Crippen LogP) is 4.12. The van der Waals surface area contributed by atoms with Gasteiger partial charge < -0.3 is 15.4 Å². The van der Waals surface area contributed by atoms with E-state index in [-0.39, 0.29) is 24.0 Å². The van der Waals surface area contributed by atoms with Gasteiger partial charge in [0, 0.05) is 37.1 Å². The number of benzene rings is 1. The number of fused-ring (bicyclic) bond motifs is 1. The van der Waals surface area contributed by atoms with E-state index in [1.807, 2.05) is 0 Å². The van der Waals surface area contributed by atoms with Gasteiger partial charge in [-0.15, -0.1) is 35.3 Å². The van der Waals surface area contributed by atoms with E-state index in [2.05, 4.69) is 53.0 Å². The molecule has 1 aliphatic rings. The third-order valence-electron chi connectivity index (χ3n) is 4.54. The minimum absolute atomic E-state index is 0. The van der Waals surface area contributed by atoms with Crippen LogP contribution in [0.25, 0.3) is 0 Å². The standard InChI is InChI=1S/C21H30N4OS.HI/c1-3-22-21(23-11-5-4-6-20-25-16(2)15-27-20)24-12-9-17-7-8-19-18(14-17)10-13-26-19;/h7-8,14-15H,3-6,9-13H2,1-2H3,(H2,22,23,24);1H. The smallest absolute Gasteiger partial charge is 0.191 e. The highest BCUT2D eigenvalue weighted by atomic mass is 127. The molecule has 2 aromatic rings. The van der Waals surface area contributed by atoms with Crippen LogP contribution in [0.3, 0.4) is 0 Å². The molecule has 0 fully saturated rings. The van der Waals surface area contributed by atoms with Crippen molar-refractivity contribution in [3.8, 4) is 5.75 Å². The van der Waals surface area contributed by atoms with E-state index in [1.54, 1.807) is 11.3 Å². The second kappa shape index (κ2) is 12.3. The van der Waals surface area contributed by atoms with Gasteiger partial charge in [-0.2, -0.15) is 0 Å². The zero-order chi connectivity index (χ0) is 18.9. The minimum atomic E-state index is 0. The van der Waals surface area contributed by atoms with Gasteiger partial charge >= 0.3 is 0 Å². The third-order valence-corrected chi connectivity index (χ3v) is 5.57. The van der Waals surface area contributed by atoms with E-state index in [1.165, 1.54) is 16.1 Å². The number of nitrogens with zero attached hydrogens (tertiary/aromatic N) is 2. The van der Waals surface area contributed by atoms with Crippen LogP contribution < -0.4 is 15.4 Å². The number of unbranched alkanes of at least 4 members (excludes halogenated alkanes) is 1. The summed E-state index contributed by atoms with van der Waals surface area (Å²) in [4.78, 5) is 9.21. The number of halogens is 1. The fourth-order valence-corrected chi connectivity index (χ4v) is 3.98. The van der Waals surface area contributed by atoms with Crippen molar-refractivity contribution >= 4 is 41.3 Å². The monoisotopic (exact) mass is 514 g/mol. The molecule has 1 aromatic heterocycles. The van der Waals surface area contributed by atoms with Crippen molar-refractivity contribution in [1.82, 2.24) is 15.6 Å². The molecule has 0 aliphatic carbocycles. The van der Waals surface area contributed by atoms with Crippen molar-refractivity contribution in [2.75, 3.05) is 26.2 Å². The normalized spacial score (nSPS) is 12.9. The minimum Gasteiger partial charge on any atom is -0.493 e. The molecule has 3 rings (SSSR count). The van der Waals surface area contributed by atoms with Crippen LogP contribution in [0.1, 0.15) is 41.6 Å². The fourth-order valence-electron chi connectivity index (χ4n) is 3.16. The molecular weight excluding hydrogens is 483 g/mol. The first-order chi connectivity index (χ1) is 13.2. The van der Waals surface area contributed by atoms with Crippen LogP contribution in [0.4, 0.5) is 0 Å². The van der Waals surface area contributed by atoms with Crippen molar-refractivity contribution in [3.05, 3.63) is 45.4 Å². The highest BCUT2D eigenvalue weighted by Gasteiger charge is 2.11. The Bertz CT molecular complexity index is 763. The third kappa shape index (κ3) is 7.24. The zero-order valence-electron chi connectivity index (χ0n) is 16.8. The lowest BCUT2D eigenvalue weighted by Gasteiger charge is -2.11. The molecule has 0 saturated carbocycles. The molecule has 1 aliphatic heterocycles. The molecule has 28 heavy (non-hydrogen) atoms. The van der Waals surface area contributed by atoms with Gasteiger partial charge in [0.15, 0.2) is 5.96 Å². The summed E-state index contributed by atoms with van der Waals surface area (Å²) in [6, 6.07) is 6.53. The van der Waals surface area contributed by atoms with Crippen molar-refractivity contribution in [3.63, 3.8) is 0 Å². The fraction of sp³-hybridized carbons (Fsp3) is 0.524. The van der Waals surface area contributed by atoms with E-state index in [0.29, 0.717) is 0 Å². The number of aromatic nitrogens is 1. The summed E-state index contributed by atoms with van der Waals surface area (Å²) >= 11 is 1.76. The quantitative estimate of drug-likeness (QED) is 0.229. The second-order valence-electron chi connectivity index (χ2n) is 6.82. The van der Waals surface area contributed by atoms with Crippen LogP contribution in [-0.2, 0) is 19.3 Å². The maximum Gasteiger partial charge on any atom is 0.191 e. The van der Waals surface area contributed by atoms with E-state index in [4.69, 9.17) is 9.73 Å². The molecule has 2 heterocycles. The molecular formula is C21H31IN4OS. The number of aryl methyl sites for hydroxylation is 2. The number of ether oxygens (including phenoxy) is 1. The first-order valence-corrected chi connectivity index (χ1v) is 10.8. The van der Waals surface area contributed by atoms with Crippen molar-refractivity contribution in [2.24, 2.45) is 4.99 Å². The number of hydrogen-bond acceptors (Lipinski definition) is 4. The van der Waals surface area contributed by atoms with Crippen LogP contribution in [-0.4, -0.2) is 37.2 Å². The average molecular weight is 514 g/mol. The highest BCUT2D eigenvalue weighted by molar-refractivity contribution is 14.0. The molecule has 1 aromatic carbocycles. The van der Waals surface area contributed by atoms with Gasteiger partial charge in [-0.25, -0.2) is 4.98 Å². The molecule has 0 amide bonds. The summed E-state index contributed by atoms with van der Waals surface area (Å²) in [7, 11) is 0. The Morgan fingerprint density at radius 1 is 1.25 bits per heavy atom. The second-order valence-corrected chi connectivity index (χ2v) is 7.76. The van der Waals surface area contributed by atoms with E-state index in [9.17, 15) is 0 Å². The van der Waals surface area contributed by atoms with E-state index >= 15 is 0 Å². The molecule has 7 heteroatoms. The first kappa shape index (κ1) is 22.9. The summed E-state index contributed by atoms with van der Waals surface area (Å²) < 4.78 is 5.57. The maximum absolute atomic E-state index is 5.57. The van der Waals surface area contributed by atoms with Crippen LogP contribution in [0, 0.1) is 6.92 Å². The summed E-state index contributed by atoms with van der Waals surface area (Å²) in [5, 5.41) is 10.1. The summed E-state index contributed by atoms with van der Waals surface area (Å²) in [6.45, 7) is 7.56. The summed E-state index contributed by atoms with van der Waals surface area (Å²) in [5.74, 6) is 1.96. The van der Waals surface area contributed by atoms with Gasteiger partial charge in [0.2, 0.25) is 0 Å². The van der Waals surface area contributed by atoms with Gasteiger partial charge in [-0.1, -0.05) is 12.1 Å². The Balaban J connectivity index is 0.00000280. The number of rotatable bonds is 9.